The molecular weight excluding hydrogens is 564 g/mol. The quantitative estimate of drug-likeness (QED) is 0.327. The number of halogens is 3. The summed E-state index contributed by atoms with van der Waals surface area (Å²) >= 11 is 6.87. The van der Waals surface area contributed by atoms with Gasteiger partial charge in [0.1, 0.15) is 23.0 Å². The molecule has 11 heteroatoms. The van der Waals surface area contributed by atoms with E-state index in [1.165, 1.54) is 10.6 Å². The first kappa shape index (κ1) is 28.1. The third-order valence-corrected chi connectivity index (χ3v) is 8.50. The van der Waals surface area contributed by atoms with Gasteiger partial charge in [-0.2, -0.15) is 0 Å². The van der Waals surface area contributed by atoms with E-state index in [2.05, 4.69) is 14.8 Å². The monoisotopic (exact) mass is 593 g/mol. The molecule has 0 saturated carbocycles. The lowest BCUT2D eigenvalue weighted by Gasteiger charge is -2.37. The highest BCUT2D eigenvalue weighted by Crippen LogP contribution is 2.38. The molecule has 0 spiro atoms. The normalized spacial score (nSPS) is 16.0. The number of carbonyl (C=O) groups is 1. The van der Waals surface area contributed by atoms with Gasteiger partial charge in [-0.15, -0.1) is 0 Å². The second-order valence-corrected chi connectivity index (χ2v) is 11.2. The second-order valence-electron chi connectivity index (χ2n) is 10.9. The number of hydrogen-bond acceptors (Lipinski definition) is 6. The lowest BCUT2D eigenvalue weighted by Crippen LogP contribution is -2.47. The van der Waals surface area contributed by atoms with E-state index >= 15 is 8.78 Å². The van der Waals surface area contributed by atoms with Crippen LogP contribution in [-0.2, 0) is 6.54 Å². The summed E-state index contributed by atoms with van der Waals surface area (Å²) in [5.41, 5.74) is 0.477. The first-order valence-corrected chi connectivity index (χ1v) is 14.3. The van der Waals surface area contributed by atoms with Crippen molar-refractivity contribution in [2.45, 2.75) is 26.3 Å². The number of aryl methyl sites for hydroxylation is 1. The maximum Gasteiger partial charge on any atom is 0.341 e. The van der Waals surface area contributed by atoms with E-state index in [-0.39, 0.29) is 27.3 Å². The molecule has 42 heavy (non-hydrogen) atoms. The molecule has 2 aliphatic heterocycles. The number of pyridine rings is 2. The van der Waals surface area contributed by atoms with E-state index in [1.807, 2.05) is 19.1 Å². The molecule has 6 rings (SSSR count). The van der Waals surface area contributed by atoms with Crippen LogP contribution in [-0.4, -0.2) is 64.8 Å². The highest BCUT2D eigenvalue weighted by molar-refractivity contribution is 6.38. The van der Waals surface area contributed by atoms with Crippen LogP contribution in [0, 0.1) is 18.6 Å². The SMILES string of the molecule is Cc1cccnc1N1CCN(c2c(F)cc3c(=O)c(C(=O)O)cn(-c4ccc(CN5CCCC5)cc4F)c3c2Cl)CC1. The Morgan fingerprint density at radius 3 is 2.38 bits per heavy atom. The van der Waals surface area contributed by atoms with Crippen molar-refractivity contribution in [1.29, 1.82) is 0 Å². The minimum absolute atomic E-state index is 0.0163. The fourth-order valence-corrected chi connectivity index (χ4v) is 6.43. The third kappa shape index (κ3) is 5.09. The summed E-state index contributed by atoms with van der Waals surface area (Å²) < 4.78 is 32.6. The predicted molar refractivity (Wildman–Crippen MR) is 159 cm³/mol. The molecule has 2 saturated heterocycles. The fourth-order valence-electron chi connectivity index (χ4n) is 6.03. The number of aromatic carboxylic acids is 1. The van der Waals surface area contributed by atoms with Gasteiger partial charge in [0.2, 0.25) is 5.43 Å². The predicted octanol–water partition coefficient (Wildman–Crippen LogP) is 5.25. The van der Waals surface area contributed by atoms with E-state index in [9.17, 15) is 14.7 Å². The summed E-state index contributed by atoms with van der Waals surface area (Å²) in [7, 11) is 0. The number of anilines is 2. The Hall–Kier alpha value is -4.02. The van der Waals surface area contributed by atoms with Crippen LogP contribution in [0.2, 0.25) is 5.02 Å². The zero-order chi connectivity index (χ0) is 29.5. The average molecular weight is 594 g/mol. The van der Waals surface area contributed by atoms with E-state index in [0.717, 1.165) is 55.1 Å². The van der Waals surface area contributed by atoms with Crippen LogP contribution >= 0.6 is 11.6 Å². The standard InChI is InChI=1S/C31H30ClF2N5O3/c1-19-5-4-8-35-30(19)38-13-11-37(12-14-38)28-24(34)16-21-27(26(28)32)39(18-22(29(21)40)31(41)42)25-7-6-20(15-23(25)33)17-36-9-2-3-10-36/h4-8,15-16,18H,2-3,9-14,17H2,1H3,(H,41,42). The number of nitrogens with zero attached hydrogens (tertiary/aromatic N) is 5. The van der Waals surface area contributed by atoms with E-state index in [4.69, 9.17) is 11.6 Å². The molecular formula is C31H30ClF2N5O3. The number of carboxylic acids is 1. The van der Waals surface area contributed by atoms with E-state index < -0.39 is 28.6 Å². The van der Waals surface area contributed by atoms with Crippen molar-refractivity contribution >= 4 is 40.0 Å². The molecule has 0 unspecified atom stereocenters. The number of carboxylic acid groups (broad SMARTS) is 1. The lowest BCUT2D eigenvalue weighted by molar-refractivity contribution is 0.0695. The Bertz CT molecular complexity index is 1750. The Kier molecular flexibility index (Phi) is 7.59. The van der Waals surface area contributed by atoms with Gasteiger partial charge in [-0.05, 0) is 68.2 Å². The van der Waals surface area contributed by atoms with Crippen molar-refractivity contribution in [3.05, 3.63) is 92.4 Å². The average Bonchev–Trinajstić information content (AvgIpc) is 3.47. The number of hydrogen-bond donors (Lipinski definition) is 1. The molecule has 2 fully saturated rings. The van der Waals surface area contributed by atoms with Crippen molar-refractivity contribution in [2.24, 2.45) is 0 Å². The molecule has 4 heterocycles. The van der Waals surface area contributed by atoms with Crippen molar-refractivity contribution in [3.8, 4) is 5.69 Å². The summed E-state index contributed by atoms with van der Waals surface area (Å²) in [6, 6.07) is 9.60. The molecule has 2 aromatic heterocycles. The Balaban J connectivity index is 1.42. The zero-order valence-electron chi connectivity index (χ0n) is 23.1. The number of aromatic nitrogens is 2. The summed E-state index contributed by atoms with van der Waals surface area (Å²) in [5.74, 6) is -1.99. The Labute approximate surface area is 246 Å². The number of likely N-dealkylation sites (tertiary alicyclic amines) is 1. The van der Waals surface area contributed by atoms with Gasteiger partial charge in [0, 0.05) is 45.1 Å². The molecule has 0 radical (unpaired) electrons. The van der Waals surface area contributed by atoms with Crippen LogP contribution in [0.4, 0.5) is 20.3 Å². The van der Waals surface area contributed by atoms with Crippen LogP contribution < -0.4 is 15.2 Å². The van der Waals surface area contributed by atoms with Gasteiger partial charge in [-0.25, -0.2) is 18.6 Å². The third-order valence-electron chi connectivity index (χ3n) is 8.14. The number of piperazine rings is 1. The second kappa shape index (κ2) is 11.3. The molecule has 218 valence electrons. The molecule has 0 atom stereocenters. The van der Waals surface area contributed by atoms with Crippen molar-refractivity contribution in [1.82, 2.24) is 14.5 Å². The first-order chi connectivity index (χ1) is 20.2. The zero-order valence-corrected chi connectivity index (χ0v) is 23.9. The number of fused-ring (bicyclic) bond motifs is 1. The minimum Gasteiger partial charge on any atom is -0.477 e. The molecule has 0 amide bonds. The van der Waals surface area contributed by atoms with Gasteiger partial charge in [0.05, 0.1) is 27.3 Å². The minimum atomic E-state index is -1.50. The lowest BCUT2D eigenvalue weighted by atomic mass is 10.1. The van der Waals surface area contributed by atoms with Crippen LogP contribution in [0.5, 0.6) is 0 Å². The van der Waals surface area contributed by atoms with Crippen molar-refractivity contribution < 1.29 is 18.7 Å². The van der Waals surface area contributed by atoms with Crippen molar-refractivity contribution in [2.75, 3.05) is 49.1 Å². The fraction of sp³-hybridized carbons (Fsp3) is 0.323. The molecule has 4 aromatic rings. The van der Waals surface area contributed by atoms with Gasteiger partial charge in [-0.3, -0.25) is 9.69 Å². The molecule has 0 aliphatic carbocycles. The number of benzene rings is 2. The first-order valence-electron chi connectivity index (χ1n) is 14.0. The van der Waals surface area contributed by atoms with Gasteiger partial charge < -0.3 is 19.5 Å². The van der Waals surface area contributed by atoms with Gasteiger partial charge in [0.15, 0.2) is 0 Å². The van der Waals surface area contributed by atoms with Crippen LogP contribution in [0.1, 0.15) is 34.3 Å². The van der Waals surface area contributed by atoms with E-state index in [0.29, 0.717) is 32.7 Å². The number of rotatable bonds is 6. The maximum absolute atomic E-state index is 15.7. The largest absolute Gasteiger partial charge is 0.477 e. The summed E-state index contributed by atoms with van der Waals surface area (Å²) in [5, 5.41) is 9.43. The summed E-state index contributed by atoms with van der Waals surface area (Å²) in [6.45, 7) is 6.46. The smallest absolute Gasteiger partial charge is 0.341 e. The van der Waals surface area contributed by atoms with Crippen LogP contribution in [0.25, 0.3) is 16.6 Å². The Morgan fingerprint density at radius 1 is 1.00 bits per heavy atom. The molecule has 2 aromatic carbocycles. The van der Waals surface area contributed by atoms with Crippen molar-refractivity contribution in [3.63, 3.8) is 0 Å². The van der Waals surface area contributed by atoms with Gasteiger partial charge in [0.25, 0.3) is 0 Å². The molecule has 2 aliphatic rings. The maximum atomic E-state index is 15.7. The summed E-state index contributed by atoms with van der Waals surface area (Å²) in [4.78, 5) is 35.8. The van der Waals surface area contributed by atoms with Crippen LogP contribution in [0.3, 0.4) is 0 Å². The van der Waals surface area contributed by atoms with Crippen LogP contribution in [0.15, 0.2) is 53.6 Å². The Morgan fingerprint density at radius 2 is 1.71 bits per heavy atom. The highest BCUT2D eigenvalue weighted by atomic mass is 35.5. The van der Waals surface area contributed by atoms with E-state index in [1.54, 1.807) is 23.2 Å². The van der Waals surface area contributed by atoms with Gasteiger partial charge in [-0.1, -0.05) is 23.7 Å². The van der Waals surface area contributed by atoms with Gasteiger partial charge >= 0.3 is 5.97 Å². The summed E-state index contributed by atoms with van der Waals surface area (Å²) in [6.07, 6.45) is 5.02. The topological polar surface area (TPSA) is 81.9 Å². The highest BCUT2D eigenvalue weighted by Gasteiger charge is 2.28. The molecule has 8 nitrogen and oxygen atoms in total. The molecule has 1 N–H and O–H groups in total. The molecule has 0 bridgehead atoms.